The molecule has 206 valence electrons. The van der Waals surface area contributed by atoms with E-state index in [2.05, 4.69) is 5.32 Å². The van der Waals surface area contributed by atoms with Crippen LogP contribution in [-0.2, 0) is 26.2 Å². The number of para-hydroxylation sites is 1. The van der Waals surface area contributed by atoms with Crippen molar-refractivity contribution in [2.24, 2.45) is 0 Å². The second-order valence-electron chi connectivity index (χ2n) is 9.95. The molecule has 4 rings (SSSR count). The highest BCUT2D eigenvalue weighted by atomic mass is 32.2. The highest BCUT2D eigenvalue weighted by Crippen LogP contribution is 2.27. The van der Waals surface area contributed by atoms with Crippen molar-refractivity contribution < 1.29 is 22.4 Å². The molecule has 3 aromatic rings. The maximum absolute atomic E-state index is 15.0. The average Bonchev–Trinajstić information content (AvgIpc) is 3.44. The Morgan fingerprint density at radius 3 is 2.21 bits per heavy atom. The summed E-state index contributed by atoms with van der Waals surface area (Å²) in [6.07, 6.45) is 3.86. The molecule has 9 heteroatoms. The fourth-order valence-electron chi connectivity index (χ4n) is 4.76. The molecular formula is C30H34FN3O4S. The summed E-state index contributed by atoms with van der Waals surface area (Å²) in [5.41, 5.74) is 1.40. The van der Waals surface area contributed by atoms with Gasteiger partial charge in [-0.05, 0) is 56.5 Å². The van der Waals surface area contributed by atoms with Crippen molar-refractivity contribution in [1.82, 2.24) is 10.2 Å². The minimum Gasteiger partial charge on any atom is -0.352 e. The van der Waals surface area contributed by atoms with Crippen LogP contribution in [0.5, 0.6) is 0 Å². The van der Waals surface area contributed by atoms with Crippen LogP contribution in [-0.4, -0.2) is 43.8 Å². The lowest BCUT2D eigenvalue weighted by molar-refractivity contribution is -0.139. The third-order valence-corrected chi connectivity index (χ3v) is 8.85. The number of carbonyl (C=O) groups excluding carboxylic acids is 2. The van der Waals surface area contributed by atoms with Crippen LogP contribution in [0.3, 0.4) is 0 Å². The van der Waals surface area contributed by atoms with Crippen LogP contribution >= 0.6 is 0 Å². The molecule has 0 radical (unpaired) electrons. The van der Waals surface area contributed by atoms with Gasteiger partial charge in [-0.1, -0.05) is 73.0 Å². The van der Waals surface area contributed by atoms with Gasteiger partial charge in [0.15, 0.2) is 0 Å². The molecule has 0 bridgehead atoms. The van der Waals surface area contributed by atoms with Crippen LogP contribution in [0.25, 0.3) is 0 Å². The first-order valence-electron chi connectivity index (χ1n) is 13.1. The molecule has 0 saturated heterocycles. The van der Waals surface area contributed by atoms with E-state index in [0.717, 1.165) is 47.2 Å². The van der Waals surface area contributed by atoms with Crippen LogP contribution in [0.15, 0.2) is 83.8 Å². The first-order chi connectivity index (χ1) is 18.7. The lowest BCUT2D eigenvalue weighted by Crippen LogP contribution is -2.52. The lowest BCUT2D eigenvalue weighted by Gasteiger charge is -2.32. The number of amides is 2. The van der Waals surface area contributed by atoms with Gasteiger partial charge in [-0.25, -0.2) is 12.8 Å². The van der Waals surface area contributed by atoms with E-state index in [0.29, 0.717) is 0 Å². The maximum Gasteiger partial charge on any atom is 0.264 e. The van der Waals surface area contributed by atoms with Gasteiger partial charge < -0.3 is 10.2 Å². The molecule has 1 fully saturated rings. The number of hydrogen-bond donors (Lipinski definition) is 1. The topological polar surface area (TPSA) is 86.8 Å². The predicted molar refractivity (Wildman–Crippen MR) is 149 cm³/mol. The number of rotatable bonds is 10. The molecule has 0 aliphatic heterocycles. The monoisotopic (exact) mass is 551 g/mol. The molecule has 1 aliphatic carbocycles. The summed E-state index contributed by atoms with van der Waals surface area (Å²) in [4.78, 5) is 28.4. The van der Waals surface area contributed by atoms with Gasteiger partial charge in [0.25, 0.3) is 10.0 Å². The van der Waals surface area contributed by atoms with Gasteiger partial charge in [-0.3, -0.25) is 13.9 Å². The normalized spacial score (nSPS) is 14.5. The van der Waals surface area contributed by atoms with Crippen molar-refractivity contribution in [2.45, 2.75) is 63.1 Å². The quantitative estimate of drug-likeness (QED) is 0.392. The van der Waals surface area contributed by atoms with Crippen LogP contribution in [0.1, 0.15) is 43.7 Å². The van der Waals surface area contributed by atoms with Crippen molar-refractivity contribution in [3.63, 3.8) is 0 Å². The van der Waals surface area contributed by atoms with Crippen molar-refractivity contribution >= 4 is 27.5 Å². The number of aryl methyl sites for hydroxylation is 1. The SMILES string of the molecule is Cc1ccc(S(=O)(=O)N(CC(=O)N(Cc2ccccc2)C(C)C(=O)NC2CCCC2)c2ccccc2F)cc1. The maximum atomic E-state index is 15.0. The Hall–Kier alpha value is -3.72. The van der Waals surface area contributed by atoms with Crippen molar-refractivity contribution in [3.05, 3.63) is 95.8 Å². The summed E-state index contributed by atoms with van der Waals surface area (Å²) in [6, 6.07) is 20.0. The molecule has 2 amide bonds. The van der Waals surface area contributed by atoms with E-state index in [1.165, 1.54) is 35.2 Å². The van der Waals surface area contributed by atoms with E-state index in [9.17, 15) is 22.4 Å². The lowest BCUT2D eigenvalue weighted by atomic mass is 10.1. The first kappa shape index (κ1) is 28.3. The molecule has 39 heavy (non-hydrogen) atoms. The fourth-order valence-corrected chi connectivity index (χ4v) is 6.18. The Balaban J connectivity index is 1.68. The molecule has 0 heterocycles. The Bertz CT molecular complexity index is 1390. The van der Waals surface area contributed by atoms with Crippen LogP contribution in [0.4, 0.5) is 10.1 Å². The number of carbonyl (C=O) groups is 2. The third kappa shape index (κ3) is 6.84. The molecule has 7 nitrogen and oxygen atoms in total. The highest BCUT2D eigenvalue weighted by molar-refractivity contribution is 7.92. The molecule has 0 aromatic heterocycles. The molecule has 1 atom stereocenters. The largest absolute Gasteiger partial charge is 0.352 e. The zero-order valence-electron chi connectivity index (χ0n) is 22.2. The summed E-state index contributed by atoms with van der Waals surface area (Å²) < 4.78 is 43.3. The van der Waals surface area contributed by atoms with E-state index >= 15 is 0 Å². The Morgan fingerprint density at radius 2 is 1.56 bits per heavy atom. The number of hydrogen-bond acceptors (Lipinski definition) is 4. The minimum atomic E-state index is -4.31. The second-order valence-corrected chi connectivity index (χ2v) is 11.8. The highest BCUT2D eigenvalue weighted by Gasteiger charge is 2.34. The summed E-state index contributed by atoms with van der Waals surface area (Å²) in [7, 11) is -4.31. The van der Waals surface area contributed by atoms with Gasteiger partial charge in [-0.15, -0.1) is 0 Å². The Labute approximate surface area is 229 Å². The zero-order valence-corrected chi connectivity index (χ0v) is 23.0. The summed E-state index contributed by atoms with van der Waals surface area (Å²) in [5, 5.41) is 3.03. The summed E-state index contributed by atoms with van der Waals surface area (Å²) in [6.45, 7) is 2.88. The molecule has 3 aromatic carbocycles. The van der Waals surface area contributed by atoms with E-state index in [4.69, 9.17) is 0 Å². The van der Waals surface area contributed by atoms with E-state index < -0.39 is 34.3 Å². The number of benzene rings is 3. The fraction of sp³-hybridized carbons (Fsp3) is 0.333. The Morgan fingerprint density at radius 1 is 0.949 bits per heavy atom. The molecule has 1 saturated carbocycles. The van der Waals surface area contributed by atoms with Gasteiger partial charge in [-0.2, -0.15) is 0 Å². The van der Waals surface area contributed by atoms with Gasteiger partial charge in [0.05, 0.1) is 10.6 Å². The zero-order chi connectivity index (χ0) is 28.0. The van der Waals surface area contributed by atoms with Crippen molar-refractivity contribution in [3.8, 4) is 0 Å². The average molecular weight is 552 g/mol. The molecule has 1 N–H and O–H groups in total. The standard InChI is InChI=1S/C30H34FN3O4S/c1-22-16-18-26(19-17-22)39(37,38)34(28-15-9-8-14-27(28)31)21-29(35)33(20-24-10-4-3-5-11-24)23(2)30(36)32-25-12-6-7-13-25/h3-5,8-11,14-19,23,25H,6-7,12-13,20-21H2,1-2H3,(H,32,36). The van der Waals surface area contributed by atoms with Crippen molar-refractivity contribution in [2.75, 3.05) is 10.8 Å². The van der Waals surface area contributed by atoms with Gasteiger partial charge in [0, 0.05) is 12.6 Å². The number of sulfonamides is 1. The molecule has 1 aliphatic rings. The van der Waals surface area contributed by atoms with Crippen LogP contribution in [0.2, 0.25) is 0 Å². The smallest absolute Gasteiger partial charge is 0.264 e. The number of nitrogens with one attached hydrogen (secondary N) is 1. The van der Waals surface area contributed by atoms with Crippen LogP contribution < -0.4 is 9.62 Å². The van der Waals surface area contributed by atoms with Crippen LogP contribution in [0, 0.1) is 12.7 Å². The third-order valence-electron chi connectivity index (χ3n) is 7.07. The van der Waals surface area contributed by atoms with Crippen molar-refractivity contribution in [1.29, 1.82) is 0 Å². The van der Waals surface area contributed by atoms with Gasteiger partial charge >= 0.3 is 0 Å². The number of nitrogens with zero attached hydrogens (tertiary/aromatic N) is 2. The molecular weight excluding hydrogens is 517 g/mol. The Kier molecular flexibility index (Phi) is 9.01. The van der Waals surface area contributed by atoms with E-state index in [1.807, 2.05) is 37.3 Å². The van der Waals surface area contributed by atoms with E-state index in [-0.39, 0.29) is 29.1 Å². The second kappa shape index (κ2) is 12.4. The minimum absolute atomic E-state index is 0.0606. The first-order valence-corrected chi connectivity index (χ1v) is 14.6. The molecule has 0 spiro atoms. The predicted octanol–water partition coefficient (Wildman–Crippen LogP) is 4.81. The summed E-state index contributed by atoms with van der Waals surface area (Å²) in [5.74, 6) is -1.69. The van der Waals surface area contributed by atoms with Gasteiger partial charge in [0.1, 0.15) is 18.4 Å². The number of anilines is 1. The molecule has 1 unspecified atom stereocenters. The van der Waals surface area contributed by atoms with Gasteiger partial charge in [0.2, 0.25) is 11.8 Å². The van der Waals surface area contributed by atoms with E-state index in [1.54, 1.807) is 19.1 Å². The number of halogens is 1. The summed E-state index contributed by atoms with van der Waals surface area (Å²) >= 11 is 0.